The molecule has 0 saturated carbocycles. The van der Waals surface area contributed by atoms with Gasteiger partial charge < -0.3 is 4.74 Å². The summed E-state index contributed by atoms with van der Waals surface area (Å²) in [6, 6.07) is 0. The molecule has 1 aliphatic heterocycles. The van der Waals surface area contributed by atoms with E-state index in [1.165, 1.54) is 8.61 Å². The van der Waals surface area contributed by atoms with Crippen LogP contribution < -0.4 is 0 Å². The Morgan fingerprint density at radius 1 is 1.24 bits per heavy atom. The molecule has 0 bridgehead atoms. The molecule has 0 aliphatic carbocycles. The highest BCUT2D eigenvalue weighted by Gasteiger charge is 2.35. The van der Waals surface area contributed by atoms with Crippen LogP contribution in [0.2, 0.25) is 0 Å². The fourth-order valence-electron chi connectivity index (χ4n) is 2.61. The van der Waals surface area contributed by atoms with E-state index in [2.05, 4.69) is 0 Å². The first kappa shape index (κ1) is 18.4. The summed E-state index contributed by atoms with van der Waals surface area (Å²) in [7, 11) is -3.47. The van der Waals surface area contributed by atoms with Crippen LogP contribution in [-0.2, 0) is 19.7 Å². The second-order valence-corrected chi connectivity index (χ2v) is 7.28. The zero-order valence-corrected chi connectivity index (χ0v) is 14.2. The van der Waals surface area contributed by atoms with Crippen LogP contribution in [0, 0.1) is 5.92 Å². The summed E-state index contributed by atoms with van der Waals surface area (Å²) >= 11 is 0. The first-order valence-electron chi connectivity index (χ1n) is 7.89. The van der Waals surface area contributed by atoms with Gasteiger partial charge in [-0.2, -0.15) is 17.0 Å². The predicted molar refractivity (Wildman–Crippen MR) is 82.0 cm³/mol. The Bertz CT molecular complexity index is 419. The molecular formula is C14H28N2O4S. The smallest absolute Gasteiger partial charge is 0.310 e. The van der Waals surface area contributed by atoms with E-state index in [4.69, 9.17) is 4.74 Å². The molecule has 1 heterocycles. The number of piperidine rings is 1. The van der Waals surface area contributed by atoms with Gasteiger partial charge in [-0.3, -0.25) is 4.79 Å². The normalized spacial score (nSPS) is 20.7. The number of ether oxygens (including phenoxy) is 1. The summed E-state index contributed by atoms with van der Waals surface area (Å²) < 4.78 is 33.4. The van der Waals surface area contributed by atoms with Crippen LogP contribution in [-0.4, -0.2) is 55.8 Å². The van der Waals surface area contributed by atoms with E-state index in [-0.39, 0.29) is 18.4 Å². The lowest BCUT2D eigenvalue weighted by atomic mass is 10.0. The number of hydrogen-bond donors (Lipinski definition) is 0. The van der Waals surface area contributed by atoms with Crippen LogP contribution in [0.1, 0.15) is 46.5 Å². The second-order valence-electron chi connectivity index (χ2n) is 5.36. The maximum atomic E-state index is 12.7. The molecule has 1 saturated heterocycles. The van der Waals surface area contributed by atoms with Crippen molar-refractivity contribution in [2.75, 3.05) is 32.8 Å². The van der Waals surface area contributed by atoms with Crippen molar-refractivity contribution in [3.8, 4) is 0 Å². The lowest BCUT2D eigenvalue weighted by molar-refractivity contribution is -0.149. The quantitative estimate of drug-likeness (QED) is 0.638. The summed E-state index contributed by atoms with van der Waals surface area (Å²) in [5.41, 5.74) is 0. The Balaban J connectivity index is 2.79. The SMILES string of the molecule is CCCN(CCC)S(=O)(=O)N1CCCC(C(=O)OCC)C1. The summed E-state index contributed by atoms with van der Waals surface area (Å²) in [4.78, 5) is 11.8. The number of hydrogen-bond acceptors (Lipinski definition) is 4. The van der Waals surface area contributed by atoms with Crippen molar-refractivity contribution in [2.45, 2.75) is 46.5 Å². The second kappa shape index (κ2) is 8.70. The van der Waals surface area contributed by atoms with Gasteiger partial charge in [0.1, 0.15) is 0 Å². The summed E-state index contributed by atoms with van der Waals surface area (Å²) in [5, 5.41) is 0. The van der Waals surface area contributed by atoms with Crippen molar-refractivity contribution in [1.29, 1.82) is 0 Å². The molecule has 7 heteroatoms. The Hall–Kier alpha value is -0.660. The van der Waals surface area contributed by atoms with Crippen LogP contribution in [0.15, 0.2) is 0 Å². The lowest BCUT2D eigenvalue weighted by Crippen LogP contribution is -2.49. The highest BCUT2D eigenvalue weighted by atomic mass is 32.2. The molecule has 1 atom stereocenters. The highest BCUT2D eigenvalue weighted by molar-refractivity contribution is 7.86. The topological polar surface area (TPSA) is 66.9 Å². The fourth-order valence-corrected chi connectivity index (χ4v) is 4.49. The van der Waals surface area contributed by atoms with Crippen molar-refractivity contribution in [2.24, 2.45) is 5.92 Å². The number of nitrogens with zero attached hydrogens (tertiary/aromatic N) is 2. The monoisotopic (exact) mass is 320 g/mol. The first-order chi connectivity index (χ1) is 9.97. The molecule has 0 spiro atoms. The molecule has 1 unspecified atom stereocenters. The van der Waals surface area contributed by atoms with Crippen molar-refractivity contribution in [3.05, 3.63) is 0 Å². The number of rotatable bonds is 8. The van der Waals surface area contributed by atoms with Gasteiger partial charge >= 0.3 is 5.97 Å². The fraction of sp³-hybridized carbons (Fsp3) is 0.929. The molecular weight excluding hydrogens is 292 g/mol. The van der Waals surface area contributed by atoms with Crippen LogP contribution in [0.4, 0.5) is 0 Å². The maximum absolute atomic E-state index is 12.7. The Morgan fingerprint density at radius 2 is 1.86 bits per heavy atom. The van der Waals surface area contributed by atoms with Gasteiger partial charge in [0.25, 0.3) is 10.2 Å². The van der Waals surface area contributed by atoms with Gasteiger partial charge in [0.15, 0.2) is 0 Å². The van der Waals surface area contributed by atoms with E-state index in [9.17, 15) is 13.2 Å². The average Bonchev–Trinajstić information content (AvgIpc) is 2.47. The van der Waals surface area contributed by atoms with Crippen molar-refractivity contribution in [3.63, 3.8) is 0 Å². The van der Waals surface area contributed by atoms with Crippen LogP contribution in [0.25, 0.3) is 0 Å². The Kier molecular flexibility index (Phi) is 7.62. The Labute approximate surface area is 128 Å². The van der Waals surface area contributed by atoms with Gasteiger partial charge in [0.2, 0.25) is 0 Å². The number of esters is 1. The van der Waals surface area contributed by atoms with Crippen molar-refractivity contribution in [1.82, 2.24) is 8.61 Å². The molecule has 0 aromatic heterocycles. The average molecular weight is 320 g/mol. The van der Waals surface area contributed by atoms with E-state index < -0.39 is 10.2 Å². The van der Waals surface area contributed by atoms with Crippen LogP contribution >= 0.6 is 0 Å². The number of carbonyl (C=O) groups is 1. The molecule has 0 aromatic rings. The highest BCUT2D eigenvalue weighted by Crippen LogP contribution is 2.22. The maximum Gasteiger partial charge on any atom is 0.310 e. The summed E-state index contributed by atoms with van der Waals surface area (Å²) in [6.07, 6.45) is 2.98. The van der Waals surface area contributed by atoms with Gasteiger partial charge in [-0.1, -0.05) is 13.8 Å². The molecule has 124 valence electrons. The molecule has 0 amide bonds. The van der Waals surface area contributed by atoms with E-state index in [1.807, 2.05) is 13.8 Å². The Morgan fingerprint density at radius 3 is 2.38 bits per heavy atom. The van der Waals surface area contributed by atoms with E-state index in [1.54, 1.807) is 6.92 Å². The summed E-state index contributed by atoms with van der Waals surface area (Å²) in [6.45, 7) is 7.81. The lowest BCUT2D eigenvalue weighted by Gasteiger charge is -2.34. The third-order valence-corrected chi connectivity index (χ3v) is 5.60. The number of carbonyl (C=O) groups excluding carboxylic acids is 1. The minimum atomic E-state index is -3.47. The molecule has 6 nitrogen and oxygen atoms in total. The van der Waals surface area contributed by atoms with Gasteiger partial charge in [-0.05, 0) is 32.6 Å². The van der Waals surface area contributed by atoms with Gasteiger partial charge in [-0.25, -0.2) is 0 Å². The molecule has 0 N–H and O–H groups in total. The molecule has 1 fully saturated rings. The third kappa shape index (κ3) is 4.93. The van der Waals surface area contributed by atoms with Crippen LogP contribution in [0.5, 0.6) is 0 Å². The van der Waals surface area contributed by atoms with Gasteiger partial charge in [0.05, 0.1) is 12.5 Å². The zero-order chi connectivity index (χ0) is 15.9. The van der Waals surface area contributed by atoms with Gasteiger partial charge in [0, 0.05) is 26.2 Å². The van der Waals surface area contributed by atoms with E-state index >= 15 is 0 Å². The third-order valence-electron chi connectivity index (χ3n) is 3.60. The standard InChI is InChI=1S/C14H28N2O4S/c1-4-9-15(10-5-2)21(18,19)16-11-7-8-13(12-16)14(17)20-6-3/h13H,4-12H2,1-3H3. The van der Waals surface area contributed by atoms with E-state index in [0.29, 0.717) is 39.1 Å². The molecule has 21 heavy (non-hydrogen) atoms. The van der Waals surface area contributed by atoms with Crippen molar-refractivity contribution >= 4 is 16.2 Å². The molecule has 0 radical (unpaired) electrons. The summed E-state index contributed by atoms with van der Waals surface area (Å²) in [5.74, 6) is -0.617. The van der Waals surface area contributed by atoms with Crippen LogP contribution in [0.3, 0.4) is 0 Å². The first-order valence-corrected chi connectivity index (χ1v) is 9.28. The zero-order valence-electron chi connectivity index (χ0n) is 13.4. The van der Waals surface area contributed by atoms with Gasteiger partial charge in [-0.15, -0.1) is 0 Å². The molecule has 1 rings (SSSR count). The minimum Gasteiger partial charge on any atom is -0.466 e. The molecule has 1 aliphatic rings. The predicted octanol–water partition coefficient (Wildman–Crippen LogP) is 1.63. The van der Waals surface area contributed by atoms with E-state index in [0.717, 1.165) is 12.8 Å². The largest absolute Gasteiger partial charge is 0.466 e. The molecule has 0 aromatic carbocycles. The van der Waals surface area contributed by atoms with Crippen molar-refractivity contribution < 1.29 is 17.9 Å². The minimum absolute atomic E-state index is 0.241.